The van der Waals surface area contributed by atoms with Gasteiger partial charge in [0.25, 0.3) is 5.91 Å². The summed E-state index contributed by atoms with van der Waals surface area (Å²) in [6.07, 6.45) is -16.5. The van der Waals surface area contributed by atoms with Gasteiger partial charge in [-0.25, -0.2) is 4.99 Å². The molecule has 0 aliphatic carbocycles. The molecule has 1 aliphatic rings. The van der Waals surface area contributed by atoms with Crippen LogP contribution in [0.3, 0.4) is 0 Å². The van der Waals surface area contributed by atoms with Crippen LogP contribution in [0.25, 0.3) is 0 Å². The van der Waals surface area contributed by atoms with Gasteiger partial charge in [0.1, 0.15) is 0 Å². The first-order valence-electron chi connectivity index (χ1n) is 11.7. The van der Waals surface area contributed by atoms with Gasteiger partial charge in [-0.15, -0.1) is 0 Å². The smallest absolute Gasteiger partial charge is 0.369 e. The summed E-state index contributed by atoms with van der Waals surface area (Å²) < 4.78 is 77.6. The van der Waals surface area contributed by atoms with Crippen molar-refractivity contribution in [2.75, 3.05) is 5.32 Å². The van der Waals surface area contributed by atoms with Crippen molar-refractivity contribution in [2.24, 2.45) is 22.6 Å². The van der Waals surface area contributed by atoms with Gasteiger partial charge in [-0.1, -0.05) is 53.5 Å². The van der Waals surface area contributed by atoms with E-state index in [1.54, 1.807) is 30.3 Å². The number of fused-ring (bicyclic) bond motifs is 1. The number of rotatable bonds is 9. The number of benzodiazepines with no additional fused rings is 1. The van der Waals surface area contributed by atoms with Crippen molar-refractivity contribution in [3.8, 4) is 0 Å². The Bertz CT molecular complexity index is 1300. The second-order valence-corrected chi connectivity index (χ2v) is 9.74. The van der Waals surface area contributed by atoms with Crippen molar-refractivity contribution >= 4 is 52.3 Å². The number of benzene rings is 2. The van der Waals surface area contributed by atoms with Gasteiger partial charge in [-0.2, -0.15) is 26.3 Å². The minimum Gasteiger partial charge on any atom is -0.369 e. The topological polar surface area (TPSA) is 114 Å². The van der Waals surface area contributed by atoms with Gasteiger partial charge in [-0.05, 0) is 25.0 Å². The monoisotopic (exact) mass is 610 g/mol. The van der Waals surface area contributed by atoms with Crippen LogP contribution in [0.5, 0.6) is 0 Å². The number of hydrogen-bond acceptors (Lipinski definition) is 4. The summed E-state index contributed by atoms with van der Waals surface area (Å²) in [6, 6.07) is 11.2. The molecule has 40 heavy (non-hydrogen) atoms. The van der Waals surface area contributed by atoms with Crippen LogP contribution in [0, 0.1) is 11.8 Å². The number of nitrogens with one attached hydrogen (secondary N) is 2. The molecule has 3 amide bonds. The third-order valence-electron chi connectivity index (χ3n) is 6.10. The third kappa shape index (κ3) is 8.10. The molecule has 0 radical (unpaired) electrons. The fourth-order valence-corrected chi connectivity index (χ4v) is 4.55. The zero-order valence-corrected chi connectivity index (χ0v) is 21.9. The van der Waals surface area contributed by atoms with Gasteiger partial charge in [0.05, 0.1) is 21.4 Å². The summed E-state index contributed by atoms with van der Waals surface area (Å²) >= 11 is 12.4. The van der Waals surface area contributed by atoms with Gasteiger partial charge < -0.3 is 16.4 Å². The molecule has 0 saturated heterocycles. The van der Waals surface area contributed by atoms with Gasteiger partial charge >= 0.3 is 12.4 Å². The van der Waals surface area contributed by atoms with Gasteiger partial charge in [0, 0.05) is 35.8 Å². The van der Waals surface area contributed by atoms with Crippen LogP contribution in [-0.2, 0) is 14.4 Å². The number of amides is 3. The fourth-order valence-electron chi connectivity index (χ4n) is 4.18. The lowest BCUT2D eigenvalue weighted by Crippen LogP contribution is -2.48. The van der Waals surface area contributed by atoms with Gasteiger partial charge in [-0.3, -0.25) is 14.4 Å². The number of halogens is 8. The fraction of sp³-hybridized carbons (Fsp3) is 0.360. The predicted molar refractivity (Wildman–Crippen MR) is 136 cm³/mol. The lowest BCUT2D eigenvalue weighted by atomic mass is 9.83. The Morgan fingerprint density at radius 2 is 1.52 bits per heavy atom. The van der Waals surface area contributed by atoms with Crippen molar-refractivity contribution in [1.82, 2.24) is 5.32 Å². The maximum atomic E-state index is 13.2. The number of alkyl halides is 6. The first-order valence-corrected chi connectivity index (χ1v) is 12.5. The Morgan fingerprint density at radius 3 is 2.08 bits per heavy atom. The molecule has 1 heterocycles. The lowest BCUT2D eigenvalue weighted by Gasteiger charge is -2.26. The molecule has 0 aromatic heterocycles. The van der Waals surface area contributed by atoms with Crippen LogP contribution in [0.15, 0.2) is 47.5 Å². The number of hydrogen-bond donors (Lipinski definition) is 3. The highest BCUT2D eigenvalue weighted by atomic mass is 35.5. The predicted octanol–water partition coefficient (Wildman–Crippen LogP) is 5.63. The molecule has 2 unspecified atom stereocenters. The molecule has 0 saturated carbocycles. The SMILES string of the molecule is NC(=O)C(CCC(F)(F)F)C(CCC(F)(F)F)C(=O)N[C@H]1N=C(c2ccccc2)c2ccc(Cl)c(Cl)c2NC1=O. The molecule has 4 N–H and O–H groups in total. The molecule has 0 fully saturated rings. The van der Waals surface area contributed by atoms with Crippen molar-refractivity contribution < 1.29 is 40.7 Å². The minimum atomic E-state index is -4.79. The van der Waals surface area contributed by atoms with Crippen LogP contribution in [0.2, 0.25) is 10.0 Å². The molecular weight excluding hydrogens is 589 g/mol. The molecule has 3 atom stereocenters. The highest BCUT2D eigenvalue weighted by molar-refractivity contribution is 6.45. The van der Waals surface area contributed by atoms with Crippen molar-refractivity contribution in [3.05, 3.63) is 63.6 Å². The lowest BCUT2D eigenvalue weighted by molar-refractivity contribution is -0.152. The van der Waals surface area contributed by atoms with E-state index >= 15 is 0 Å². The van der Waals surface area contributed by atoms with E-state index in [2.05, 4.69) is 15.6 Å². The van der Waals surface area contributed by atoms with E-state index in [0.29, 0.717) is 11.1 Å². The van der Waals surface area contributed by atoms with Gasteiger partial charge in [0.2, 0.25) is 18.0 Å². The van der Waals surface area contributed by atoms with Crippen molar-refractivity contribution in [3.63, 3.8) is 0 Å². The molecule has 0 bridgehead atoms. The second kappa shape index (κ2) is 12.5. The van der Waals surface area contributed by atoms with Crippen molar-refractivity contribution in [1.29, 1.82) is 0 Å². The number of primary amides is 1. The maximum absolute atomic E-state index is 13.2. The van der Waals surface area contributed by atoms with E-state index in [9.17, 15) is 40.7 Å². The Labute approximate surface area is 234 Å². The normalized spacial score (nSPS) is 17.1. The Kier molecular flexibility index (Phi) is 9.72. The van der Waals surface area contributed by atoms with Crippen LogP contribution in [0.4, 0.5) is 32.0 Å². The molecule has 7 nitrogen and oxygen atoms in total. The number of nitrogens with two attached hydrogens (primary N) is 1. The van der Waals surface area contributed by atoms with E-state index in [0.717, 1.165) is 0 Å². The molecule has 216 valence electrons. The van der Waals surface area contributed by atoms with Crippen LogP contribution in [0.1, 0.15) is 36.8 Å². The number of carbonyl (C=O) groups is 3. The molecule has 2 aromatic carbocycles. The maximum Gasteiger partial charge on any atom is 0.389 e. The zero-order chi connectivity index (χ0) is 29.8. The van der Waals surface area contributed by atoms with E-state index in [1.165, 1.54) is 12.1 Å². The Balaban J connectivity index is 2.01. The number of carbonyl (C=O) groups excluding carboxylic acids is 3. The summed E-state index contributed by atoms with van der Waals surface area (Å²) in [5.41, 5.74) is 6.18. The number of anilines is 1. The average Bonchev–Trinajstić information content (AvgIpc) is 2.99. The molecule has 3 rings (SSSR count). The molecule has 15 heteroatoms. The molecule has 1 aliphatic heterocycles. The highest BCUT2D eigenvalue weighted by Crippen LogP contribution is 2.37. The summed E-state index contributed by atoms with van der Waals surface area (Å²) in [7, 11) is 0. The van der Waals surface area contributed by atoms with E-state index in [-0.39, 0.29) is 21.4 Å². The summed E-state index contributed by atoms with van der Waals surface area (Å²) in [4.78, 5) is 42.7. The van der Waals surface area contributed by atoms with Crippen LogP contribution < -0.4 is 16.4 Å². The highest BCUT2D eigenvalue weighted by Gasteiger charge is 2.40. The Morgan fingerprint density at radius 1 is 0.950 bits per heavy atom. The standard InChI is InChI=1S/C25H22Cl2F6N4O3/c26-16-7-6-15-18(12-4-2-1-3-5-12)35-21(23(40)36-19(15)17(16)27)37-22(39)14(9-11-25(31,32)33)13(20(34)38)8-10-24(28,29)30/h1-7,13-14,21H,8-11H2,(H2,34,38)(H,36,40)(H,37,39)/t13?,14?,21-/m1/s1. The summed E-state index contributed by atoms with van der Waals surface area (Å²) in [5, 5.41) is 4.68. The van der Waals surface area contributed by atoms with E-state index < -0.39 is 73.8 Å². The summed E-state index contributed by atoms with van der Waals surface area (Å²) in [5.74, 6) is -7.50. The minimum absolute atomic E-state index is 0.0485. The quantitative estimate of drug-likeness (QED) is 0.320. The number of nitrogens with zero attached hydrogens (tertiary/aromatic N) is 1. The van der Waals surface area contributed by atoms with Gasteiger partial charge in [0.15, 0.2) is 0 Å². The average molecular weight is 611 g/mol. The molecular formula is C25H22Cl2F6N4O3. The third-order valence-corrected chi connectivity index (χ3v) is 6.90. The first kappa shape index (κ1) is 31.2. The number of aliphatic imine (C=N–C) groups is 1. The molecule has 2 aromatic rings. The second-order valence-electron chi connectivity index (χ2n) is 8.95. The van der Waals surface area contributed by atoms with Crippen molar-refractivity contribution in [2.45, 2.75) is 44.2 Å². The van der Waals surface area contributed by atoms with E-state index in [4.69, 9.17) is 28.9 Å². The Hall–Kier alpha value is -3.32. The largest absolute Gasteiger partial charge is 0.389 e. The zero-order valence-electron chi connectivity index (χ0n) is 20.4. The molecule has 0 spiro atoms. The van der Waals surface area contributed by atoms with Crippen LogP contribution in [-0.4, -0.2) is 42.0 Å². The van der Waals surface area contributed by atoms with E-state index in [1.807, 2.05) is 0 Å². The summed E-state index contributed by atoms with van der Waals surface area (Å²) in [6.45, 7) is 0. The van der Waals surface area contributed by atoms with Crippen LogP contribution >= 0.6 is 23.2 Å². The first-order chi connectivity index (χ1) is 18.6.